The molecule has 0 aliphatic rings. The molecule has 0 aliphatic carbocycles. The molecule has 16 heavy (non-hydrogen) atoms. The van der Waals surface area contributed by atoms with Gasteiger partial charge in [0.15, 0.2) is 0 Å². The van der Waals surface area contributed by atoms with Crippen LogP contribution in [0.15, 0.2) is 29.4 Å². The van der Waals surface area contributed by atoms with E-state index in [-0.39, 0.29) is 0 Å². The molecule has 1 aromatic carbocycles. The third-order valence-corrected chi connectivity index (χ3v) is 2.15. The Morgan fingerprint density at radius 3 is 2.94 bits per heavy atom. The van der Waals surface area contributed by atoms with Gasteiger partial charge in [-0.1, -0.05) is 43.4 Å². The van der Waals surface area contributed by atoms with Crippen LogP contribution in [0.5, 0.6) is 0 Å². The van der Waals surface area contributed by atoms with Gasteiger partial charge in [-0.25, -0.2) is 0 Å². The monoisotopic (exact) mass is 213 g/mol. The molecule has 0 atom stereocenters. The lowest BCUT2D eigenvalue weighted by Crippen LogP contribution is -1.86. The maximum absolute atomic E-state index is 3.88. The van der Waals surface area contributed by atoms with E-state index >= 15 is 0 Å². The summed E-state index contributed by atoms with van der Waals surface area (Å²) >= 11 is 0. The Morgan fingerprint density at radius 2 is 2.19 bits per heavy atom. The molecule has 1 aromatic rings. The average Bonchev–Trinajstić information content (AvgIpc) is 2.33. The Morgan fingerprint density at radius 1 is 1.38 bits per heavy atom. The van der Waals surface area contributed by atoms with Gasteiger partial charge in [0.1, 0.15) is 0 Å². The molecule has 0 radical (unpaired) electrons. The number of hydrogen-bond acceptors (Lipinski definition) is 1. The fourth-order valence-electron chi connectivity index (χ4n) is 1.27. The highest BCUT2D eigenvalue weighted by Crippen LogP contribution is 2.05. The van der Waals surface area contributed by atoms with Gasteiger partial charge in [-0.05, 0) is 12.5 Å². The van der Waals surface area contributed by atoms with E-state index in [1.165, 1.54) is 6.42 Å². The van der Waals surface area contributed by atoms with E-state index < -0.39 is 0 Å². The largest absolute Gasteiger partial charge is 0.605 e. The predicted octanol–water partition coefficient (Wildman–Crippen LogP) is 3.57. The quantitative estimate of drug-likeness (QED) is 0.316. The average molecular weight is 213 g/mol. The lowest BCUT2D eigenvalue weighted by atomic mass is 10.1. The van der Waals surface area contributed by atoms with Gasteiger partial charge < -0.3 is 10.5 Å². The molecule has 0 saturated heterocycles. The van der Waals surface area contributed by atoms with Crippen LogP contribution in [0.3, 0.4) is 0 Å². The second-order valence-corrected chi connectivity index (χ2v) is 3.44. The van der Waals surface area contributed by atoms with Crippen molar-refractivity contribution in [3.8, 4) is 11.8 Å². The van der Waals surface area contributed by atoms with E-state index in [9.17, 15) is 0 Å². The molecular weight excluding hydrogens is 196 g/mol. The van der Waals surface area contributed by atoms with Crippen molar-refractivity contribution in [3.05, 3.63) is 40.8 Å². The van der Waals surface area contributed by atoms with Crippen molar-refractivity contribution >= 4 is 6.21 Å². The van der Waals surface area contributed by atoms with E-state index in [1.54, 1.807) is 13.3 Å². The van der Waals surface area contributed by atoms with Crippen LogP contribution in [0.4, 0.5) is 0 Å². The van der Waals surface area contributed by atoms with Crippen molar-refractivity contribution < 1.29 is 0 Å². The van der Waals surface area contributed by atoms with Crippen molar-refractivity contribution in [2.75, 3.05) is 7.05 Å². The first kappa shape index (κ1) is 12.3. The van der Waals surface area contributed by atoms with Crippen LogP contribution < -0.4 is 0 Å². The summed E-state index contributed by atoms with van der Waals surface area (Å²) in [5.74, 6) is 6.35. The Bertz CT molecular complexity index is 397. The fourth-order valence-corrected chi connectivity index (χ4v) is 1.27. The number of hydrogen-bond donors (Lipinski definition) is 0. The molecule has 0 fully saturated rings. The van der Waals surface area contributed by atoms with Crippen molar-refractivity contribution in [3.63, 3.8) is 0 Å². The molecule has 0 aliphatic heterocycles. The van der Waals surface area contributed by atoms with Gasteiger partial charge in [0.05, 0.1) is 0 Å². The zero-order valence-electron chi connectivity index (χ0n) is 9.90. The van der Waals surface area contributed by atoms with E-state index in [0.717, 1.165) is 24.0 Å². The minimum absolute atomic E-state index is 0.958. The summed E-state index contributed by atoms with van der Waals surface area (Å²) in [7, 11) is 1.66. The lowest BCUT2D eigenvalue weighted by Gasteiger charge is -2.03. The minimum Gasteiger partial charge on any atom is -0.605 e. The van der Waals surface area contributed by atoms with Crippen LogP contribution in [0.1, 0.15) is 37.3 Å². The van der Waals surface area contributed by atoms with Crippen molar-refractivity contribution in [2.45, 2.75) is 26.2 Å². The van der Waals surface area contributed by atoms with E-state index in [0.29, 0.717) is 0 Å². The van der Waals surface area contributed by atoms with Gasteiger partial charge in [-0.3, -0.25) is 0 Å². The first-order valence-electron chi connectivity index (χ1n) is 5.58. The van der Waals surface area contributed by atoms with E-state index in [2.05, 4.69) is 29.3 Å². The molecule has 0 unspecified atom stereocenters. The molecule has 84 valence electrons. The third-order valence-electron chi connectivity index (χ3n) is 2.15. The summed E-state index contributed by atoms with van der Waals surface area (Å²) in [5, 5.41) is 3.88. The summed E-state index contributed by atoms with van der Waals surface area (Å²) in [6.07, 6.45) is 5.05. The Kier molecular flexibility index (Phi) is 5.80. The maximum atomic E-state index is 3.88. The molecule has 2 nitrogen and oxygen atoms in total. The first-order chi connectivity index (χ1) is 7.88. The van der Waals surface area contributed by atoms with Gasteiger partial charge in [0.25, 0.3) is 0 Å². The number of unbranched alkanes of at least 4 members (excludes halogenated alkanes) is 2. The van der Waals surface area contributed by atoms with Gasteiger partial charge >= 0.3 is 0 Å². The molecule has 0 amide bonds. The summed E-state index contributed by atoms with van der Waals surface area (Å²) in [5.41, 5.74) is 5.75. The van der Waals surface area contributed by atoms with Crippen LogP contribution in [-0.2, 0) is 0 Å². The van der Waals surface area contributed by atoms with E-state index in [4.69, 9.17) is 0 Å². The number of benzene rings is 1. The third kappa shape index (κ3) is 4.18. The molecule has 0 saturated carbocycles. The van der Waals surface area contributed by atoms with Crippen molar-refractivity contribution in [1.29, 1.82) is 0 Å². The number of rotatable bonds is 4. The zero-order valence-corrected chi connectivity index (χ0v) is 9.90. The smallest absolute Gasteiger partial charge is 0.0332 e. The lowest BCUT2D eigenvalue weighted by molar-refractivity contribution is 0.828. The highest BCUT2D eigenvalue weighted by Gasteiger charge is 1.93. The predicted molar refractivity (Wildman–Crippen MR) is 69.7 cm³/mol. The Labute approximate surface area is 97.8 Å². The fraction of sp³-hybridized carbons (Fsp3) is 0.357. The normalized spacial score (nSPS) is 9.88. The van der Waals surface area contributed by atoms with Gasteiger partial charge in [-0.15, -0.1) is 7.05 Å². The second-order valence-electron chi connectivity index (χ2n) is 3.44. The van der Waals surface area contributed by atoms with Crippen LogP contribution in [0, 0.1) is 11.8 Å². The molecule has 0 N–H and O–H groups in total. The van der Waals surface area contributed by atoms with Crippen molar-refractivity contribution in [2.24, 2.45) is 5.10 Å². The molecular formula is C14H17N2-. The molecule has 0 heterocycles. The van der Waals surface area contributed by atoms with Crippen LogP contribution in [0.25, 0.3) is 5.43 Å². The summed E-state index contributed by atoms with van der Waals surface area (Å²) in [4.78, 5) is 0. The highest BCUT2D eigenvalue weighted by molar-refractivity contribution is 5.83. The Balaban J connectivity index is 2.77. The van der Waals surface area contributed by atoms with Gasteiger partial charge in [0, 0.05) is 23.8 Å². The summed E-state index contributed by atoms with van der Waals surface area (Å²) in [6.45, 7) is 2.17. The molecule has 1 rings (SSSR count). The zero-order chi connectivity index (χ0) is 11.6. The SMILES string of the molecule is CCCCC#Cc1ccccc1/C=N/[N-]C. The molecule has 2 heteroatoms. The van der Waals surface area contributed by atoms with Crippen LogP contribution in [0.2, 0.25) is 0 Å². The second kappa shape index (κ2) is 7.53. The van der Waals surface area contributed by atoms with Crippen LogP contribution in [-0.4, -0.2) is 13.3 Å². The highest BCUT2D eigenvalue weighted by atomic mass is 15.3. The van der Waals surface area contributed by atoms with Crippen molar-refractivity contribution in [1.82, 2.24) is 0 Å². The maximum Gasteiger partial charge on any atom is 0.0332 e. The first-order valence-corrected chi connectivity index (χ1v) is 5.58. The topological polar surface area (TPSA) is 26.5 Å². The molecule has 0 spiro atoms. The molecule has 0 bridgehead atoms. The Hall–Kier alpha value is -1.75. The standard InChI is InChI=1S/C14H17N2/c1-3-4-5-6-9-13-10-7-8-11-14(13)12-16-15-2/h7-8,10-12H,3-5H2,1-2H3/q-1/b16-12+. The summed E-state index contributed by atoms with van der Waals surface area (Å²) < 4.78 is 0. The van der Waals surface area contributed by atoms with E-state index in [1.807, 2.05) is 24.3 Å². The van der Waals surface area contributed by atoms with Gasteiger partial charge in [-0.2, -0.15) is 0 Å². The summed E-state index contributed by atoms with van der Waals surface area (Å²) in [6, 6.07) is 7.98. The molecule has 0 aromatic heterocycles. The van der Waals surface area contributed by atoms with Gasteiger partial charge in [0.2, 0.25) is 0 Å². The number of nitrogens with zero attached hydrogens (tertiary/aromatic N) is 2. The van der Waals surface area contributed by atoms with Crippen LogP contribution >= 0.6 is 0 Å². The minimum atomic E-state index is 0.958.